The van der Waals surface area contributed by atoms with Crippen LogP contribution in [0.15, 0.2) is 36.4 Å². The largest absolute Gasteiger partial charge is 0.425 e. The van der Waals surface area contributed by atoms with Crippen molar-refractivity contribution in [2.45, 2.75) is 31.7 Å². The Hall–Kier alpha value is -1.85. The number of aliphatic hydroxyl groups is 2. The molecular formula is C17H15F3O2. The molecule has 1 unspecified atom stereocenters. The highest BCUT2D eigenvalue weighted by Gasteiger charge is 2.61. The molecule has 0 amide bonds. The molecule has 0 heterocycles. The van der Waals surface area contributed by atoms with Crippen molar-refractivity contribution in [1.29, 1.82) is 0 Å². The Morgan fingerprint density at radius 3 is 2.36 bits per heavy atom. The Morgan fingerprint density at radius 2 is 1.77 bits per heavy atom. The van der Waals surface area contributed by atoms with Crippen molar-refractivity contribution in [3.05, 3.63) is 58.7 Å². The van der Waals surface area contributed by atoms with Gasteiger partial charge in [0.2, 0.25) is 5.60 Å². The summed E-state index contributed by atoms with van der Waals surface area (Å²) in [6.07, 6.45) is -4.32. The van der Waals surface area contributed by atoms with Crippen LogP contribution in [0, 0.1) is 0 Å². The first-order chi connectivity index (χ1) is 10.3. The molecule has 1 aliphatic rings. The van der Waals surface area contributed by atoms with Crippen molar-refractivity contribution in [3.8, 4) is 11.1 Å². The summed E-state index contributed by atoms with van der Waals surface area (Å²) in [6.45, 7) is 1.44. The molecule has 0 spiro atoms. The van der Waals surface area contributed by atoms with Gasteiger partial charge in [-0.3, -0.25) is 0 Å². The molecule has 1 aliphatic carbocycles. The Kier molecular flexibility index (Phi) is 3.30. The van der Waals surface area contributed by atoms with Crippen LogP contribution in [0.5, 0.6) is 0 Å². The summed E-state index contributed by atoms with van der Waals surface area (Å²) in [6, 6.07) is 9.01. The molecule has 0 saturated carbocycles. The molecule has 22 heavy (non-hydrogen) atoms. The second-order valence-corrected chi connectivity index (χ2v) is 5.44. The zero-order valence-corrected chi connectivity index (χ0v) is 11.9. The standard InChI is InChI=1S/C17H15F3O2/c1-2-10-7-11(9-21)15-12-5-3-4-6-13(12)16(22,14(15)8-10)17(18,19)20/h3-8,21-22H,2,9H2,1H3. The van der Waals surface area contributed by atoms with Crippen LogP contribution >= 0.6 is 0 Å². The second-order valence-electron chi connectivity index (χ2n) is 5.44. The quantitative estimate of drug-likeness (QED) is 0.891. The number of halogens is 3. The van der Waals surface area contributed by atoms with Crippen molar-refractivity contribution in [3.63, 3.8) is 0 Å². The molecule has 2 N–H and O–H groups in total. The van der Waals surface area contributed by atoms with E-state index in [1.54, 1.807) is 18.2 Å². The van der Waals surface area contributed by atoms with Crippen LogP contribution in [-0.2, 0) is 18.6 Å². The van der Waals surface area contributed by atoms with Gasteiger partial charge in [0.1, 0.15) is 0 Å². The SMILES string of the molecule is CCc1cc(CO)c2c(c1)C(O)(C(F)(F)F)c1ccccc1-2. The van der Waals surface area contributed by atoms with E-state index in [-0.39, 0.29) is 23.3 Å². The number of fused-ring (bicyclic) bond motifs is 3. The zero-order chi connectivity index (χ0) is 16.1. The van der Waals surface area contributed by atoms with Crippen molar-refractivity contribution < 1.29 is 23.4 Å². The van der Waals surface area contributed by atoms with E-state index in [2.05, 4.69) is 0 Å². The van der Waals surface area contributed by atoms with Gasteiger partial charge in [-0.1, -0.05) is 43.3 Å². The normalized spacial score (nSPS) is 19.9. The molecule has 0 aromatic heterocycles. The lowest BCUT2D eigenvalue weighted by molar-refractivity contribution is -0.246. The van der Waals surface area contributed by atoms with Crippen LogP contribution in [0.1, 0.15) is 29.2 Å². The van der Waals surface area contributed by atoms with Crippen molar-refractivity contribution in [2.24, 2.45) is 0 Å². The fraction of sp³-hybridized carbons (Fsp3) is 0.294. The van der Waals surface area contributed by atoms with E-state index in [0.29, 0.717) is 23.1 Å². The summed E-state index contributed by atoms with van der Waals surface area (Å²) < 4.78 is 41.0. The van der Waals surface area contributed by atoms with E-state index < -0.39 is 11.8 Å². The van der Waals surface area contributed by atoms with Crippen LogP contribution in [0.4, 0.5) is 13.2 Å². The molecule has 1 atom stereocenters. The monoisotopic (exact) mass is 308 g/mol. The zero-order valence-electron chi connectivity index (χ0n) is 11.9. The maximum atomic E-state index is 13.7. The van der Waals surface area contributed by atoms with Gasteiger partial charge in [0.15, 0.2) is 0 Å². The molecule has 2 aromatic rings. The van der Waals surface area contributed by atoms with Gasteiger partial charge < -0.3 is 10.2 Å². The Labute approximate surface area is 125 Å². The van der Waals surface area contributed by atoms with Gasteiger partial charge in [-0.2, -0.15) is 13.2 Å². The third-order valence-electron chi connectivity index (χ3n) is 4.24. The maximum Gasteiger partial charge on any atom is 0.425 e. The molecule has 116 valence electrons. The van der Waals surface area contributed by atoms with Crippen LogP contribution in [0.25, 0.3) is 11.1 Å². The molecule has 0 fully saturated rings. The Balaban J connectivity index is 2.44. The summed E-state index contributed by atoms with van der Waals surface area (Å²) in [5.74, 6) is 0. The molecule has 0 radical (unpaired) electrons. The average Bonchev–Trinajstić information content (AvgIpc) is 2.77. The van der Waals surface area contributed by atoms with E-state index in [1.807, 2.05) is 6.92 Å². The van der Waals surface area contributed by atoms with Crippen LogP contribution in [0.3, 0.4) is 0 Å². The third kappa shape index (κ3) is 1.82. The van der Waals surface area contributed by atoms with Crippen molar-refractivity contribution in [1.82, 2.24) is 0 Å². The minimum atomic E-state index is -4.84. The molecule has 2 aromatic carbocycles. The highest BCUT2D eigenvalue weighted by molar-refractivity contribution is 5.83. The molecule has 5 heteroatoms. The van der Waals surface area contributed by atoms with Crippen LogP contribution in [-0.4, -0.2) is 16.4 Å². The summed E-state index contributed by atoms with van der Waals surface area (Å²) >= 11 is 0. The first-order valence-electron chi connectivity index (χ1n) is 7.00. The van der Waals surface area contributed by atoms with Gasteiger partial charge in [0, 0.05) is 11.1 Å². The average molecular weight is 308 g/mol. The number of benzene rings is 2. The van der Waals surface area contributed by atoms with Crippen LogP contribution in [0.2, 0.25) is 0 Å². The molecular weight excluding hydrogens is 293 g/mol. The number of rotatable bonds is 2. The number of alkyl halides is 3. The number of hydrogen-bond donors (Lipinski definition) is 2. The molecule has 0 bridgehead atoms. The van der Waals surface area contributed by atoms with Crippen molar-refractivity contribution >= 4 is 0 Å². The number of aryl methyl sites for hydroxylation is 1. The lowest BCUT2D eigenvalue weighted by Crippen LogP contribution is -2.41. The highest BCUT2D eigenvalue weighted by Crippen LogP contribution is 2.56. The smallest absolute Gasteiger partial charge is 0.392 e. The summed E-state index contributed by atoms with van der Waals surface area (Å²) in [5, 5.41) is 20.1. The molecule has 0 aliphatic heterocycles. The summed E-state index contributed by atoms with van der Waals surface area (Å²) in [5.41, 5.74) is -1.74. The minimum absolute atomic E-state index is 0.180. The number of hydrogen-bond acceptors (Lipinski definition) is 2. The van der Waals surface area contributed by atoms with Gasteiger partial charge in [0.05, 0.1) is 6.61 Å². The highest BCUT2D eigenvalue weighted by atomic mass is 19.4. The Morgan fingerprint density at radius 1 is 1.09 bits per heavy atom. The summed E-state index contributed by atoms with van der Waals surface area (Å²) in [7, 11) is 0. The van der Waals surface area contributed by atoms with E-state index in [0.717, 1.165) is 0 Å². The fourth-order valence-corrected chi connectivity index (χ4v) is 3.17. The predicted octanol–water partition coefficient (Wildman–Crippen LogP) is 3.52. The number of aliphatic hydroxyl groups excluding tert-OH is 1. The van der Waals surface area contributed by atoms with E-state index in [1.165, 1.54) is 18.2 Å². The van der Waals surface area contributed by atoms with Gasteiger partial charge in [-0.05, 0) is 28.7 Å². The molecule has 0 saturated heterocycles. The van der Waals surface area contributed by atoms with Crippen molar-refractivity contribution in [2.75, 3.05) is 0 Å². The topological polar surface area (TPSA) is 40.5 Å². The molecule has 3 rings (SSSR count). The van der Waals surface area contributed by atoms with Gasteiger partial charge >= 0.3 is 6.18 Å². The lowest BCUT2D eigenvalue weighted by atomic mass is 9.88. The summed E-state index contributed by atoms with van der Waals surface area (Å²) in [4.78, 5) is 0. The van der Waals surface area contributed by atoms with Crippen LogP contribution < -0.4 is 0 Å². The second kappa shape index (κ2) is 4.83. The molecule has 2 nitrogen and oxygen atoms in total. The van der Waals surface area contributed by atoms with E-state index in [4.69, 9.17) is 0 Å². The van der Waals surface area contributed by atoms with E-state index >= 15 is 0 Å². The third-order valence-corrected chi connectivity index (χ3v) is 4.24. The first-order valence-corrected chi connectivity index (χ1v) is 7.00. The minimum Gasteiger partial charge on any atom is -0.392 e. The Bertz CT molecular complexity index is 737. The predicted molar refractivity (Wildman–Crippen MR) is 76.2 cm³/mol. The first kappa shape index (κ1) is 15.1. The van der Waals surface area contributed by atoms with E-state index in [9.17, 15) is 23.4 Å². The van der Waals surface area contributed by atoms with Gasteiger partial charge in [-0.15, -0.1) is 0 Å². The maximum absolute atomic E-state index is 13.7. The fourth-order valence-electron chi connectivity index (χ4n) is 3.17. The van der Waals surface area contributed by atoms with Gasteiger partial charge in [0.25, 0.3) is 0 Å². The lowest BCUT2D eigenvalue weighted by Gasteiger charge is -2.28. The van der Waals surface area contributed by atoms with Gasteiger partial charge in [-0.25, -0.2) is 0 Å².